The summed E-state index contributed by atoms with van der Waals surface area (Å²) in [4.78, 5) is 14.6. The Hall–Kier alpha value is -3.22. The first-order valence-electron chi connectivity index (χ1n) is 8.64. The molecule has 1 aliphatic heterocycles. The van der Waals surface area contributed by atoms with Crippen molar-refractivity contribution in [3.05, 3.63) is 59.9 Å². The SMILES string of the molecule is Cc1ccn(-c2ccc(NC(C)C(=O)N3CCc4ccccc43)nn2)n1. The summed E-state index contributed by atoms with van der Waals surface area (Å²) in [7, 11) is 0. The maximum atomic E-state index is 12.8. The number of carbonyl (C=O) groups excluding carboxylic acids is 1. The number of benzene rings is 1. The second-order valence-corrected chi connectivity index (χ2v) is 6.41. The highest BCUT2D eigenvalue weighted by atomic mass is 16.2. The zero-order valence-corrected chi connectivity index (χ0v) is 14.8. The van der Waals surface area contributed by atoms with Crippen molar-refractivity contribution in [1.82, 2.24) is 20.0 Å². The van der Waals surface area contributed by atoms with Gasteiger partial charge in [0.05, 0.1) is 5.69 Å². The van der Waals surface area contributed by atoms with Crippen LogP contribution in [0.5, 0.6) is 0 Å². The quantitative estimate of drug-likeness (QED) is 0.783. The fourth-order valence-corrected chi connectivity index (χ4v) is 3.15. The van der Waals surface area contributed by atoms with Gasteiger partial charge in [0.25, 0.3) is 0 Å². The van der Waals surface area contributed by atoms with Crippen molar-refractivity contribution < 1.29 is 4.79 Å². The van der Waals surface area contributed by atoms with E-state index in [1.807, 2.05) is 55.3 Å². The fraction of sp³-hybridized carbons (Fsp3) is 0.263. The van der Waals surface area contributed by atoms with E-state index < -0.39 is 6.04 Å². The minimum Gasteiger partial charge on any atom is -0.357 e. The number of carbonyl (C=O) groups is 1. The van der Waals surface area contributed by atoms with Gasteiger partial charge in [-0.05, 0) is 50.1 Å². The topological polar surface area (TPSA) is 75.9 Å². The molecule has 0 bridgehead atoms. The molecule has 4 rings (SSSR count). The van der Waals surface area contributed by atoms with Gasteiger partial charge in [-0.25, -0.2) is 4.68 Å². The summed E-state index contributed by atoms with van der Waals surface area (Å²) in [5.41, 5.74) is 3.13. The summed E-state index contributed by atoms with van der Waals surface area (Å²) in [5.74, 6) is 1.23. The van der Waals surface area contributed by atoms with Crippen molar-refractivity contribution in [3.63, 3.8) is 0 Å². The number of hydrogen-bond acceptors (Lipinski definition) is 5. The summed E-state index contributed by atoms with van der Waals surface area (Å²) in [6.07, 6.45) is 2.73. The molecule has 132 valence electrons. The van der Waals surface area contributed by atoms with Gasteiger partial charge in [-0.2, -0.15) is 5.10 Å². The van der Waals surface area contributed by atoms with Crippen LogP contribution in [0.2, 0.25) is 0 Å². The molecule has 0 aliphatic carbocycles. The molecular weight excluding hydrogens is 328 g/mol. The first-order valence-corrected chi connectivity index (χ1v) is 8.64. The Morgan fingerprint density at radius 1 is 1.15 bits per heavy atom. The number of hydrogen-bond donors (Lipinski definition) is 1. The highest BCUT2D eigenvalue weighted by Gasteiger charge is 2.27. The Morgan fingerprint density at radius 3 is 2.73 bits per heavy atom. The molecule has 1 amide bonds. The highest BCUT2D eigenvalue weighted by molar-refractivity contribution is 6.00. The standard InChI is InChI=1S/C19H20N6O/c1-13-9-12-25(23-13)18-8-7-17(21-22-18)20-14(2)19(26)24-11-10-15-5-3-4-6-16(15)24/h3-9,12,14H,10-11H2,1-2H3,(H,20,21). The lowest BCUT2D eigenvalue weighted by Crippen LogP contribution is -2.40. The van der Waals surface area contributed by atoms with Crippen LogP contribution >= 0.6 is 0 Å². The molecule has 3 heterocycles. The van der Waals surface area contributed by atoms with Crippen LogP contribution < -0.4 is 10.2 Å². The predicted octanol–water partition coefficient (Wildman–Crippen LogP) is 2.36. The van der Waals surface area contributed by atoms with Crippen molar-refractivity contribution in [2.24, 2.45) is 0 Å². The third-order valence-corrected chi connectivity index (χ3v) is 4.50. The Labute approximate surface area is 151 Å². The molecule has 1 N–H and O–H groups in total. The normalized spacial score (nSPS) is 14.2. The fourth-order valence-electron chi connectivity index (χ4n) is 3.15. The number of nitrogens with one attached hydrogen (secondary N) is 1. The monoisotopic (exact) mass is 348 g/mol. The Morgan fingerprint density at radius 2 is 2.00 bits per heavy atom. The molecule has 0 spiro atoms. The first kappa shape index (κ1) is 16.3. The Kier molecular flexibility index (Phi) is 4.12. The molecule has 1 atom stereocenters. The Balaban J connectivity index is 1.45. The molecule has 1 aliphatic rings. The van der Waals surface area contributed by atoms with Gasteiger partial charge in [0.2, 0.25) is 5.91 Å². The van der Waals surface area contributed by atoms with E-state index in [2.05, 4.69) is 26.7 Å². The lowest BCUT2D eigenvalue weighted by atomic mass is 10.2. The van der Waals surface area contributed by atoms with E-state index in [1.165, 1.54) is 5.56 Å². The lowest BCUT2D eigenvalue weighted by Gasteiger charge is -2.22. The summed E-state index contributed by atoms with van der Waals surface area (Å²) < 4.78 is 1.67. The van der Waals surface area contributed by atoms with Crippen LogP contribution in [0.25, 0.3) is 5.82 Å². The molecular formula is C19H20N6O. The third kappa shape index (κ3) is 3.03. The molecule has 0 saturated heterocycles. The zero-order chi connectivity index (χ0) is 18.1. The number of aryl methyl sites for hydroxylation is 1. The first-order chi connectivity index (χ1) is 12.6. The molecule has 0 radical (unpaired) electrons. The van der Waals surface area contributed by atoms with Gasteiger partial charge in [0, 0.05) is 18.4 Å². The van der Waals surface area contributed by atoms with E-state index in [1.54, 1.807) is 10.7 Å². The summed E-state index contributed by atoms with van der Waals surface area (Å²) in [6, 6.07) is 13.2. The number of nitrogens with zero attached hydrogens (tertiary/aromatic N) is 5. The largest absolute Gasteiger partial charge is 0.357 e. The average Bonchev–Trinajstić information content (AvgIpc) is 3.28. The van der Waals surface area contributed by atoms with Crippen LogP contribution in [0, 0.1) is 6.92 Å². The van der Waals surface area contributed by atoms with Crippen LogP contribution in [-0.2, 0) is 11.2 Å². The van der Waals surface area contributed by atoms with Gasteiger partial charge in [-0.15, -0.1) is 10.2 Å². The number of anilines is 2. The minimum absolute atomic E-state index is 0.0310. The third-order valence-electron chi connectivity index (χ3n) is 4.50. The van der Waals surface area contributed by atoms with Gasteiger partial charge in [0.1, 0.15) is 11.9 Å². The maximum Gasteiger partial charge on any atom is 0.249 e. The summed E-state index contributed by atoms with van der Waals surface area (Å²) >= 11 is 0. The maximum absolute atomic E-state index is 12.8. The molecule has 1 unspecified atom stereocenters. The van der Waals surface area contributed by atoms with Crippen LogP contribution in [0.4, 0.5) is 11.5 Å². The molecule has 26 heavy (non-hydrogen) atoms. The van der Waals surface area contributed by atoms with Gasteiger partial charge >= 0.3 is 0 Å². The predicted molar refractivity (Wildman–Crippen MR) is 99.5 cm³/mol. The molecule has 1 aromatic carbocycles. The van der Waals surface area contributed by atoms with Crippen LogP contribution in [0.1, 0.15) is 18.2 Å². The van der Waals surface area contributed by atoms with Gasteiger partial charge in [0.15, 0.2) is 5.82 Å². The van der Waals surface area contributed by atoms with Crippen LogP contribution in [0.15, 0.2) is 48.7 Å². The minimum atomic E-state index is -0.395. The van der Waals surface area contributed by atoms with E-state index in [4.69, 9.17) is 0 Å². The van der Waals surface area contributed by atoms with Crippen molar-refractivity contribution >= 4 is 17.4 Å². The van der Waals surface area contributed by atoms with Crippen LogP contribution in [0.3, 0.4) is 0 Å². The van der Waals surface area contributed by atoms with Crippen molar-refractivity contribution in [1.29, 1.82) is 0 Å². The van der Waals surface area contributed by atoms with E-state index in [0.29, 0.717) is 18.2 Å². The average molecular weight is 348 g/mol. The van der Waals surface area contributed by atoms with E-state index in [0.717, 1.165) is 17.8 Å². The second-order valence-electron chi connectivity index (χ2n) is 6.41. The van der Waals surface area contributed by atoms with E-state index in [9.17, 15) is 4.79 Å². The molecule has 3 aromatic rings. The molecule has 7 heteroatoms. The number of rotatable bonds is 4. The highest BCUT2D eigenvalue weighted by Crippen LogP contribution is 2.28. The number of para-hydroxylation sites is 1. The van der Waals surface area contributed by atoms with Crippen molar-refractivity contribution in [2.45, 2.75) is 26.3 Å². The molecule has 2 aromatic heterocycles. The van der Waals surface area contributed by atoms with Gasteiger partial charge < -0.3 is 10.2 Å². The van der Waals surface area contributed by atoms with Gasteiger partial charge in [-0.1, -0.05) is 18.2 Å². The van der Waals surface area contributed by atoms with Gasteiger partial charge in [-0.3, -0.25) is 4.79 Å². The molecule has 7 nitrogen and oxygen atoms in total. The molecule has 0 saturated carbocycles. The number of aromatic nitrogens is 4. The number of amides is 1. The summed E-state index contributed by atoms with van der Waals surface area (Å²) in [5, 5.41) is 15.8. The van der Waals surface area contributed by atoms with Crippen molar-refractivity contribution in [3.8, 4) is 5.82 Å². The van der Waals surface area contributed by atoms with E-state index in [-0.39, 0.29) is 5.91 Å². The lowest BCUT2D eigenvalue weighted by molar-refractivity contribution is -0.118. The number of fused-ring (bicyclic) bond motifs is 1. The Bertz CT molecular complexity index is 933. The smallest absolute Gasteiger partial charge is 0.249 e. The van der Waals surface area contributed by atoms with Crippen molar-refractivity contribution in [2.75, 3.05) is 16.8 Å². The second kappa shape index (κ2) is 6.59. The summed E-state index contributed by atoms with van der Waals surface area (Å²) in [6.45, 7) is 4.48. The van der Waals surface area contributed by atoms with E-state index >= 15 is 0 Å². The van der Waals surface area contributed by atoms with Crippen LogP contribution in [-0.4, -0.2) is 38.5 Å². The molecule has 0 fully saturated rings. The zero-order valence-electron chi connectivity index (χ0n) is 14.8.